The van der Waals surface area contributed by atoms with Gasteiger partial charge in [-0.15, -0.1) is 0 Å². The summed E-state index contributed by atoms with van der Waals surface area (Å²) in [4.78, 5) is 33.8. The molecule has 7 heteroatoms. The summed E-state index contributed by atoms with van der Waals surface area (Å²) in [5.74, 6) is -1.09. The van der Waals surface area contributed by atoms with Crippen LogP contribution >= 0.6 is 0 Å². The van der Waals surface area contributed by atoms with E-state index in [1.165, 1.54) is 14.2 Å². The number of esters is 2. The van der Waals surface area contributed by atoms with Gasteiger partial charge >= 0.3 is 18.0 Å². The standard InChI is InChI=1S/C12H21NO6/c1-4-5-8-19-12(16)13-9(11(15)18-3)6-7-10(14)17-2/h9H,4-8H2,1-3H3,(H,13,16). The molecule has 0 aliphatic carbocycles. The van der Waals surface area contributed by atoms with Gasteiger partial charge in [-0.25, -0.2) is 9.59 Å². The van der Waals surface area contributed by atoms with E-state index in [4.69, 9.17) is 4.74 Å². The van der Waals surface area contributed by atoms with E-state index in [1.807, 2.05) is 6.92 Å². The first-order chi connectivity index (χ1) is 9.04. The van der Waals surface area contributed by atoms with E-state index >= 15 is 0 Å². The van der Waals surface area contributed by atoms with Crippen LogP contribution in [0.5, 0.6) is 0 Å². The van der Waals surface area contributed by atoms with Crippen molar-refractivity contribution in [1.29, 1.82) is 0 Å². The fourth-order valence-electron chi connectivity index (χ4n) is 1.25. The number of carbonyl (C=O) groups is 3. The first-order valence-electron chi connectivity index (χ1n) is 6.13. The summed E-state index contributed by atoms with van der Waals surface area (Å²) in [6.45, 7) is 2.25. The summed E-state index contributed by atoms with van der Waals surface area (Å²) in [5, 5.41) is 2.36. The molecule has 1 unspecified atom stereocenters. The van der Waals surface area contributed by atoms with Crippen LogP contribution < -0.4 is 5.32 Å². The molecular formula is C12H21NO6. The van der Waals surface area contributed by atoms with Gasteiger partial charge in [0, 0.05) is 6.42 Å². The predicted octanol–water partition coefficient (Wildman–Crippen LogP) is 1.01. The molecule has 0 spiro atoms. The van der Waals surface area contributed by atoms with Crippen LogP contribution in [0.25, 0.3) is 0 Å². The van der Waals surface area contributed by atoms with Gasteiger partial charge in [-0.2, -0.15) is 0 Å². The van der Waals surface area contributed by atoms with Crippen molar-refractivity contribution in [2.75, 3.05) is 20.8 Å². The Balaban J connectivity index is 4.22. The van der Waals surface area contributed by atoms with Crippen LogP contribution in [-0.2, 0) is 23.8 Å². The number of methoxy groups -OCH3 is 2. The maximum Gasteiger partial charge on any atom is 0.407 e. The van der Waals surface area contributed by atoms with Gasteiger partial charge in [0.15, 0.2) is 0 Å². The molecule has 0 bridgehead atoms. The first-order valence-corrected chi connectivity index (χ1v) is 6.13. The third kappa shape index (κ3) is 8.01. The molecule has 0 heterocycles. The van der Waals surface area contributed by atoms with E-state index in [9.17, 15) is 14.4 Å². The van der Waals surface area contributed by atoms with Gasteiger partial charge in [-0.1, -0.05) is 13.3 Å². The Labute approximate surface area is 112 Å². The van der Waals surface area contributed by atoms with Crippen LogP contribution in [0.1, 0.15) is 32.6 Å². The zero-order chi connectivity index (χ0) is 14.7. The maximum atomic E-state index is 11.4. The van der Waals surface area contributed by atoms with Gasteiger partial charge in [-0.3, -0.25) is 4.79 Å². The minimum absolute atomic E-state index is 0.00546. The summed E-state index contributed by atoms with van der Waals surface area (Å²) in [6, 6.07) is -0.918. The van der Waals surface area contributed by atoms with Gasteiger partial charge < -0.3 is 19.5 Å². The lowest BCUT2D eigenvalue weighted by Crippen LogP contribution is -2.42. The monoisotopic (exact) mass is 275 g/mol. The molecule has 110 valence electrons. The van der Waals surface area contributed by atoms with Crippen molar-refractivity contribution >= 4 is 18.0 Å². The van der Waals surface area contributed by atoms with E-state index in [1.54, 1.807) is 0 Å². The SMILES string of the molecule is CCCCOC(=O)NC(CCC(=O)OC)C(=O)OC. The Hall–Kier alpha value is -1.79. The Bertz CT molecular complexity index is 305. The summed E-state index contributed by atoms with van der Waals surface area (Å²) < 4.78 is 13.9. The van der Waals surface area contributed by atoms with Crippen LogP contribution in [0.2, 0.25) is 0 Å². The lowest BCUT2D eigenvalue weighted by Gasteiger charge is -2.15. The Morgan fingerprint density at radius 3 is 2.37 bits per heavy atom. The number of hydrogen-bond acceptors (Lipinski definition) is 6. The molecule has 0 fully saturated rings. The molecule has 19 heavy (non-hydrogen) atoms. The Morgan fingerprint density at radius 2 is 1.84 bits per heavy atom. The molecule has 0 saturated heterocycles. The smallest absolute Gasteiger partial charge is 0.407 e. The molecule has 0 aromatic heterocycles. The second-order valence-electron chi connectivity index (χ2n) is 3.82. The van der Waals surface area contributed by atoms with Crippen molar-refractivity contribution in [3.63, 3.8) is 0 Å². The highest BCUT2D eigenvalue weighted by atomic mass is 16.6. The third-order valence-corrected chi connectivity index (χ3v) is 2.37. The minimum Gasteiger partial charge on any atom is -0.469 e. The van der Waals surface area contributed by atoms with Crippen LogP contribution in [0, 0.1) is 0 Å². The molecule has 0 rings (SSSR count). The lowest BCUT2D eigenvalue weighted by molar-refractivity contribution is -0.144. The molecule has 1 N–H and O–H groups in total. The van der Waals surface area contributed by atoms with Crippen LogP contribution in [0.15, 0.2) is 0 Å². The minimum atomic E-state index is -0.918. The van der Waals surface area contributed by atoms with Crippen LogP contribution in [0.4, 0.5) is 4.79 Å². The van der Waals surface area contributed by atoms with Gasteiger partial charge in [0.05, 0.1) is 20.8 Å². The molecule has 0 radical (unpaired) electrons. The number of unbranched alkanes of at least 4 members (excludes halogenated alkanes) is 1. The Morgan fingerprint density at radius 1 is 1.16 bits per heavy atom. The summed E-state index contributed by atoms with van der Waals surface area (Å²) in [5.41, 5.74) is 0. The van der Waals surface area contributed by atoms with Crippen molar-refractivity contribution in [3.8, 4) is 0 Å². The molecular weight excluding hydrogens is 254 g/mol. The zero-order valence-corrected chi connectivity index (χ0v) is 11.6. The van der Waals surface area contributed by atoms with E-state index < -0.39 is 24.1 Å². The van der Waals surface area contributed by atoms with Gasteiger partial charge in [0.2, 0.25) is 0 Å². The number of alkyl carbamates (subject to hydrolysis) is 1. The van der Waals surface area contributed by atoms with E-state index in [-0.39, 0.29) is 19.4 Å². The fourth-order valence-corrected chi connectivity index (χ4v) is 1.25. The van der Waals surface area contributed by atoms with Crippen molar-refractivity contribution in [3.05, 3.63) is 0 Å². The third-order valence-electron chi connectivity index (χ3n) is 2.37. The first kappa shape index (κ1) is 17.2. The molecule has 0 aliphatic heterocycles. The summed E-state index contributed by atoms with van der Waals surface area (Å²) >= 11 is 0. The second-order valence-corrected chi connectivity index (χ2v) is 3.82. The zero-order valence-electron chi connectivity index (χ0n) is 11.6. The van der Waals surface area contributed by atoms with Gasteiger partial charge in [0.1, 0.15) is 6.04 Å². The molecule has 0 aliphatic rings. The highest BCUT2D eigenvalue weighted by molar-refractivity contribution is 5.82. The molecule has 0 aromatic carbocycles. The van der Waals surface area contributed by atoms with Crippen molar-refractivity contribution in [2.45, 2.75) is 38.6 Å². The van der Waals surface area contributed by atoms with E-state index in [2.05, 4.69) is 14.8 Å². The topological polar surface area (TPSA) is 90.9 Å². The number of rotatable bonds is 8. The predicted molar refractivity (Wildman–Crippen MR) is 66.4 cm³/mol. The van der Waals surface area contributed by atoms with E-state index in [0.29, 0.717) is 0 Å². The number of hydrogen-bond donors (Lipinski definition) is 1. The number of nitrogens with one attached hydrogen (secondary N) is 1. The largest absolute Gasteiger partial charge is 0.469 e. The highest BCUT2D eigenvalue weighted by Gasteiger charge is 2.23. The molecule has 7 nitrogen and oxygen atoms in total. The quantitative estimate of drug-likeness (QED) is 0.404. The molecule has 1 amide bonds. The van der Waals surface area contributed by atoms with Crippen molar-refractivity contribution in [2.24, 2.45) is 0 Å². The van der Waals surface area contributed by atoms with Crippen LogP contribution in [-0.4, -0.2) is 44.9 Å². The van der Waals surface area contributed by atoms with Crippen molar-refractivity contribution < 1.29 is 28.6 Å². The van der Waals surface area contributed by atoms with E-state index in [0.717, 1.165) is 12.8 Å². The molecule has 0 saturated carbocycles. The van der Waals surface area contributed by atoms with Gasteiger partial charge in [-0.05, 0) is 12.8 Å². The average Bonchev–Trinajstić information content (AvgIpc) is 2.42. The summed E-state index contributed by atoms with van der Waals surface area (Å²) in [7, 11) is 2.46. The molecule has 0 aromatic rings. The second kappa shape index (κ2) is 10.2. The normalized spacial score (nSPS) is 11.3. The van der Waals surface area contributed by atoms with Crippen molar-refractivity contribution in [1.82, 2.24) is 5.32 Å². The number of amides is 1. The maximum absolute atomic E-state index is 11.4. The highest BCUT2D eigenvalue weighted by Crippen LogP contribution is 2.02. The fraction of sp³-hybridized carbons (Fsp3) is 0.750. The van der Waals surface area contributed by atoms with Crippen LogP contribution in [0.3, 0.4) is 0 Å². The van der Waals surface area contributed by atoms with Gasteiger partial charge in [0.25, 0.3) is 0 Å². The number of ether oxygens (including phenoxy) is 3. The Kier molecular flexibility index (Phi) is 9.20. The summed E-state index contributed by atoms with van der Waals surface area (Å²) in [6.07, 6.45) is 1.05. The average molecular weight is 275 g/mol. The lowest BCUT2D eigenvalue weighted by atomic mass is 10.1. The molecule has 1 atom stereocenters. The number of carbonyl (C=O) groups excluding carboxylic acids is 3.